The van der Waals surface area contributed by atoms with Crippen LogP contribution in [0.5, 0.6) is 0 Å². The molecule has 104 valence electrons. The van der Waals surface area contributed by atoms with Gasteiger partial charge in [0.05, 0.1) is 6.54 Å². The molecule has 0 aromatic rings. The predicted octanol–water partition coefficient (Wildman–Crippen LogP) is -0.927. The molecule has 2 amide bonds. The number of rotatable bonds is 5. The van der Waals surface area contributed by atoms with Gasteiger partial charge in [0.15, 0.2) is 6.10 Å². The maximum absolute atomic E-state index is 11.4. The SMILES string of the molecule is CN1CCCC(CNC(=O)NC[C@H](O)C(=O)O)C1. The van der Waals surface area contributed by atoms with Crippen LogP contribution in [-0.2, 0) is 4.79 Å². The highest BCUT2D eigenvalue weighted by Gasteiger charge is 2.18. The van der Waals surface area contributed by atoms with Crippen LogP contribution < -0.4 is 10.6 Å². The Morgan fingerprint density at radius 3 is 2.78 bits per heavy atom. The van der Waals surface area contributed by atoms with Crippen molar-refractivity contribution in [3.63, 3.8) is 0 Å². The molecule has 0 aromatic carbocycles. The number of hydrogen-bond donors (Lipinski definition) is 4. The van der Waals surface area contributed by atoms with E-state index in [1.807, 2.05) is 0 Å². The van der Waals surface area contributed by atoms with Crippen LogP contribution in [0, 0.1) is 5.92 Å². The Hall–Kier alpha value is -1.34. The Balaban J connectivity index is 2.14. The summed E-state index contributed by atoms with van der Waals surface area (Å²) in [6, 6.07) is -0.441. The number of carbonyl (C=O) groups excluding carboxylic acids is 1. The smallest absolute Gasteiger partial charge is 0.334 e. The average Bonchev–Trinajstić information content (AvgIpc) is 2.33. The second-order valence-electron chi connectivity index (χ2n) is 4.72. The fourth-order valence-corrected chi connectivity index (χ4v) is 2.02. The van der Waals surface area contributed by atoms with Crippen molar-refractivity contribution in [3.8, 4) is 0 Å². The third-order valence-corrected chi connectivity index (χ3v) is 3.01. The van der Waals surface area contributed by atoms with Crippen molar-refractivity contribution in [2.24, 2.45) is 5.92 Å². The highest BCUT2D eigenvalue weighted by Crippen LogP contribution is 2.13. The number of hydrogen-bond acceptors (Lipinski definition) is 4. The summed E-state index contributed by atoms with van der Waals surface area (Å²) in [4.78, 5) is 23.9. The number of amides is 2. The van der Waals surface area contributed by atoms with E-state index in [4.69, 9.17) is 10.2 Å². The van der Waals surface area contributed by atoms with Gasteiger partial charge in [0.25, 0.3) is 0 Å². The molecular weight excluding hydrogens is 238 g/mol. The molecule has 7 heteroatoms. The standard InChI is InChI=1S/C11H21N3O4/c1-14-4-2-3-8(7-14)5-12-11(18)13-6-9(15)10(16)17/h8-9,15H,2-7H2,1H3,(H,16,17)(H2,12,13,18)/t8?,9-/m0/s1. The molecule has 0 aromatic heterocycles. The number of aliphatic hydroxyl groups is 1. The number of urea groups is 1. The van der Waals surface area contributed by atoms with Crippen molar-refractivity contribution in [2.75, 3.05) is 33.2 Å². The molecule has 0 spiro atoms. The van der Waals surface area contributed by atoms with Gasteiger partial charge < -0.3 is 25.7 Å². The van der Waals surface area contributed by atoms with E-state index in [2.05, 4.69) is 22.6 Å². The van der Waals surface area contributed by atoms with E-state index in [0.717, 1.165) is 25.9 Å². The molecule has 0 radical (unpaired) electrons. The van der Waals surface area contributed by atoms with Gasteiger partial charge in [0.1, 0.15) is 0 Å². The van der Waals surface area contributed by atoms with Crippen molar-refractivity contribution < 1.29 is 19.8 Å². The summed E-state index contributed by atoms with van der Waals surface area (Å²) in [5.41, 5.74) is 0. The van der Waals surface area contributed by atoms with E-state index in [-0.39, 0.29) is 6.54 Å². The van der Waals surface area contributed by atoms with Crippen molar-refractivity contribution in [2.45, 2.75) is 18.9 Å². The molecule has 2 atom stereocenters. The molecule has 1 saturated heterocycles. The molecule has 1 rings (SSSR count). The molecule has 0 bridgehead atoms. The molecule has 1 fully saturated rings. The quantitative estimate of drug-likeness (QED) is 0.511. The fourth-order valence-electron chi connectivity index (χ4n) is 2.02. The normalized spacial score (nSPS) is 22.2. The van der Waals surface area contributed by atoms with Gasteiger partial charge in [-0.05, 0) is 32.4 Å². The van der Waals surface area contributed by atoms with E-state index in [1.165, 1.54) is 0 Å². The second kappa shape index (κ2) is 7.17. The number of aliphatic carboxylic acids is 1. The minimum absolute atomic E-state index is 0.286. The monoisotopic (exact) mass is 259 g/mol. The predicted molar refractivity (Wildman–Crippen MR) is 65.3 cm³/mol. The zero-order valence-electron chi connectivity index (χ0n) is 10.6. The van der Waals surface area contributed by atoms with E-state index in [9.17, 15) is 9.59 Å². The maximum atomic E-state index is 11.4. The number of carboxylic acids is 1. The highest BCUT2D eigenvalue weighted by molar-refractivity contribution is 5.76. The summed E-state index contributed by atoms with van der Waals surface area (Å²) in [5, 5.41) is 22.4. The van der Waals surface area contributed by atoms with Crippen molar-refractivity contribution in [1.82, 2.24) is 15.5 Å². The molecular formula is C11H21N3O4. The molecule has 18 heavy (non-hydrogen) atoms. The minimum atomic E-state index is -1.56. The number of likely N-dealkylation sites (tertiary alicyclic amines) is 1. The van der Waals surface area contributed by atoms with Crippen molar-refractivity contribution >= 4 is 12.0 Å². The second-order valence-corrected chi connectivity index (χ2v) is 4.72. The number of piperidine rings is 1. The Morgan fingerprint density at radius 1 is 1.44 bits per heavy atom. The molecule has 4 N–H and O–H groups in total. The summed E-state index contributed by atoms with van der Waals surface area (Å²) >= 11 is 0. The Labute approximate surface area is 106 Å². The largest absolute Gasteiger partial charge is 0.479 e. The number of carboxylic acid groups (broad SMARTS) is 1. The summed E-state index contributed by atoms with van der Waals surface area (Å²) < 4.78 is 0. The van der Waals surface area contributed by atoms with Crippen LogP contribution in [0.25, 0.3) is 0 Å². The Morgan fingerprint density at radius 2 is 2.17 bits per heavy atom. The molecule has 7 nitrogen and oxygen atoms in total. The first kappa shape index (κ1) is 14.7. The minimum Gasteiger partial charge on any atom is -0.479 e. The molecule has 0 saturated carbocycles. The van der Waals surface area contributed by atoms with Crippen LogP contribution in [0.4, 0.5) is 4.79 Å². The first-order valence-corrected chi connectivity index (χ1v) is 6.10. The summed E-state index contributed by atoms with van der Waals surface area (Å²) in [6.07, 6.45) is 0.654. The van der Waals surface area contributed by atoms with Crippen LogP contribution in [0.3, 0.4) is 0 Å². The molecule has 1 aliphatic rings. The van der Waals surface area contributed by atoms with E-state index in [1.54, 1.807) is 0 Å². The molecule has 0 aliphatic carbocycles. The van der Waals surface area contributed by atoms with E-state index >= 15 is 0 Å². The van der Waals surface area contributed by atoms with Crippen LogP contribution in [0.15, 0.2) is 0 Å². The van der Waals surface area contributed by atoms with Crippen molar-refractivity contribution in [1.29, 1.82) is 0 Å². The lowest BCUT2D eigenvalue weighted by molar-refractivity contribution is -0.146. The van der Waals surface area contributed by atoms with Gasteiger partial charge in [0.2, 0.25) is 0 Å². The molecule has 1 unspecified atom stereocenters. The molecule has 1 aliphatic heterocycles. The van der Waals surface area contributed by atoms with E-state index in [0.29, 0.717) is 12.5 Å². The van der Waals surface area contributed by atoms with Gasteiger partial charge in [-0.2, -0.15) is 0 Å². The zero-order chi connectivity index (χ0) is 13.5. The number of aliphatic hydroxyl groups excluding tert-OH is 1. The van der Waals surface area contributed by atoms with Gasteiger partial charge in [0, 0.05) is 13.1 Å². The average molecular weight is 259 g/mol. The Kier molecular flexibility index (Phi) is 5.87. The van der Waals surface area contributed by atoms with Gasteiger partial charge in [-0.15, -0.1) is 0 Å². The van der Waals surface area contributed by atoms with Crippen LogP contribution in [0.1, 0.15) is 12.8 Å². The zero-order valence-corrected chi connectivity index (χ0v) is 10.6. The van der Waals surface area contributed by atoms with Gasteiger partial charge in [-0.25, -0.2) is 9.59 Å². The highest BCUT2D eigenvalue weighted by atomic mass is 16.4. The lowest BCUT2D eigenvalue weighted by Gasteiger charge is -2.29. The summed E-state index contributed by atoms with van der Waals surface area (Å²) in [6.45, 7) is 2.33. The first-order valence-electron chi connectivity index (χ1n) is 6.10. The lowest BCUT2D eigenvalue weighted by atomic mass is 9.99. The van der Waals surface area contributed by atoms with Crippen LogP contribution in [0.2, 0.25) is 0 Å². The lowest BCUT2D eigenvalue weighted by Crippen LogP contribution is -2.45. The van der Waals surface area contributed by atoms with Crippen molar-refractivity contribution in [3.05, 3.63) is 0 Å². The third-order valence-electron chi connectivity index (χ3n) is 3.01. The third kappa shape index (κ3) is 5.33. The number of nitrogens with zero attached hydrogens (tertiary/aromatic N) is 1. The van der Waals surface area contributed by atoms with Gasteiger partial charge in [-0.1, -0.05) is 0 Å². The number of nitrogens with one attached hydrogen (secondary N) is 2. The summed E-state index contributed by atoms with van der Waals surface area (Å²) in [7, 11) is 2.05. The van der Waals surface area contributed by atoms with E-state index < -0.39 is 18.1 Å². The van der Waals surface area contributed by atoms with Crippen LogP contribution >= 0.6 is 0 Å². The van der Waals surface area contributed by atoms with Crippen LogP contribution in [-0.4, -0.2) is 66.4 Å². The Bertz CT molecular complexity index is 298. The topological polar surface area (TPSA) is 102 Å². The fraction of sp³-hybridized carbons (Fsp3) is 0.818. The van der Waals surface area contributed by atoms with Gasteiger partial charge in [-0.3, -0.25) is 0 Å². The number of carbonyl (C=O) groups is 2. The summed E-state index contributed by atoms with van der Waals surface area (Å²) in [5.74, 6) is -0.914. The van der Waals surface area contributed by atoms with Gasteiger partial charge >= 0.3 is 12.0 Å². The maximum Gasteiger partial charge on any atom is 0.334 e. The first-order chi connectivity index (χ1) is 8.49. The molecule has 1 heterocycles.